The van der Waals surface area contributed by atoms with Gasteiger partial charge in [0.15, 0.2) is 0 Å². The third-order valence-electron chi connectivity index (χ3n) is 4.93. The number of carbonyl (C=O) groups is 5. The Bertz CT molecular complexity index is 858. The zero-order chi connectivity index (χ0) is 22.4. The lowest BCUT2D eigenvalue weighted by molar-refractivity contribution is -0.137. The summed E-state index contributed by atoms with van der Waals surface area (Å²) in [5, 5.41) is 7.98. The van der Waals surface area contributed by atoms with Crippen molar-refractivity contribution in [2.45, 2.75) is 31.5 Å². The molecule has 11 nitrogen and oxygen atoms in total. The number of hydrogen-bond donors (Lipinski definition) is 5. The van der Waals surface area contributed by atoms with Gasteiger partial charge < -0.3 is 32.3 Å². The summed E-state index contributed by atoms with van der Waals surface area (Å²) in [6, 6.07) is 3.98. The highest BCUT2D eigenvalue weighted by Gasteiger charge is 2.39. The molecule has 0 unspecified atom stereocenters. The van der Waals surface area contributed by atoms with Gasteiger partial charge >= 0.3 is 0 Å². The van der Waals surface area contributed by atoms with Crippen LogP contribution < -0.4 is 27.4 Å². The first-order chi connectivity index (χ1) is 14.1. The number of likely N-dealkylation sites (tertiary alicyclic amines) is 1. The molecule has 1 aromatic carbocycles. The SMILES string of the molecule is CN[C@@H](C)C(=O)NCC(=O)N1C[C@@H](NC(=O)c2cccc(C(N)=O)c2)C[C@H]1C(N)=O. The van der Waals surface area contributed by atoms with E-state index in [9.17, 15) is 24.0 Å². The van der Waals surface area contributed by atoms with Crippen molar-refractivity contribution in [3.05, 3.63) is 35.4 Å². The fourth-order valence-corrected chi connectivity index (χ4v) is 3.12. The van der Waals surface area contributed by atoms with Gasteiger partial charge in [-0.25, -0.2) is 0 Å². The second kappa shape index (κ2) is 9.83. The number of nitrogens with zero attached hydrogens (tertiary/aromatic N) is 1. The average molecular weight is 418 g/mol. The molecule has 1 saturated heterocycles. The summed E-state index contributed by atoms with van der Waals surface area (Å²) in [5.41, 5.74) is 11.1. The van der Waals surface area contributed by atoms with Gasteiger partial charge in [0.1, 0.15) is 6.04 Å². The van der Waals surface area contributed by atoms with Crippen molar-refractivity contribution in [2.75, 3.05) is 20.1 Å². The van der Waals surface area contributed by atoms with E-state index in [2.05, 4.69) is 16.0 Å². The minimum absolute atomic E-state index is 0.0607. The molecule has 0 spiro atoms. The quantitative estimate of drug-likeness (QED) is 0.317. The van der Waals surface area contributed by atoms with Crippen molar-refractivity contribution in [3.8, 4) is 0 Å². The minimum atomic E-state index is -0.904. The predicted molar refractivity (Wildman–Crippen MR) is 107 cm³/mol. The molecule has 1 aliphatic heterocycles. The van der Waals surface area contributed by atoms with Gasteiger partial charge in [-0.05, 0) is 38.6 Å². The van der Waals surface area contributed by atoms with E-state index in [0.717, 1.165) is 0 Å². The van der Waals surface area contributed by atoms with Crippen LogP contribution in [0.2, 0.25) is 0 Å². The van der Waals surface area contributed by atoms with Gasteiger partial charge in [0, 0.05) is 23.7 Å². The summed E-state index contributed by atoms with van der Waals surface area (Å²) in [6.07, 6.45) is 0.142. The van der Waals surface area contributed by atoms with Gasteiger partial charge in [0.05, 0.1) is 12.6 Å². The highest BCUT2D eigenvalue weighted by Crippen LogP contribution is 2.18. The number of likely N-dealkylation sites (N-methyl/N-ethyl adjacent to an activating group) is 1. The van der Waals surface area contributed by atoms with Crippen LogP contribution in [0.3, 0.4) is 0 Å². The number of nitrogens with two attached hydrogens (primary N) is 2. The maximum absolute atomic E-state index is 12.5. The topological polar surface area (TPSA) is 177 Å². The van der Waals surface area contributed by atoms with Crippen LogP contribution in [0, 0.1) is 0 Å². The molecule has 1 heterocycles. The van der Waals surface area contributed by atoms with Crippen molar-refractivity contribution in [3.63, 3.8) is 0 Å². The van der Waals surface area contributed by atoms with E-state index >= 15 is 0 Å². The number of primary amides is 2. The van der Waals surface area contributed by atoms with E-state index < -0.39 is 41.8 Å². The molecule has 162 valence electrons. The molecule has 7 N–H and O–H groups in total. The Kier molecular flexibility index (Phi) is 7.48. The fraction of sp³-hybridized carbons (Fsp3) is 0.421. The van der Waals surface area contributed by atoms with E-state index in [4.69, 9.17) is 11.5 Å². The lowest BCUT2D eigenvalue weighted by atomic mass is 10.1. The Morgan fingerprint density at radius 3 is 2.43 bits per heavy atom. The molecule has 1 aliphatic rings. The number of carbonyl (C=O) groups excluding carboxylic acids is 5. The highest BCUT2D eigenvalue weighted by molar-refractivity contribution is 5.99. The van der Waals surface area contributed by atoms with Gasteiger partial charge in [0.25, 0.3) is 5.91 Å². The summed E-state index contributed by atoms with van der Waals surface area (Å²) < 4.78 is 0. The molecule has 0 saturated carbocycles. The molecule has 30 heavy (non-hydrogen) atoms. The zero-order valence-electron chi connectivity index (χ0n) is 16.8. The van der Waals surface area contributed by atoms with Crippen LogP contribution in [-0.2, 0) is 14.4 Å². The lowest BCUT2D eigenvalue weighted by Crippen LogP contribution is -2.49. The summed E-state index contributed by atoms with van der Waals surface area (Å²) in [6.45, 7) is 1.40. The Balaban J connectivity index is 2.03. The van der Waals surface area contributed by atoms with E-state index in [0.29, 0.717) is 0 Å². The number of hydrogen-bond acceptors (Lipinski definition) is 6. The van der Waals surface area contributed by atoms with Crippen LogP contribution in [-0.4, -0.2) is 72.7 Å². The minimum Gasteiger partial charge on any atom is -0.368 e. The first kappa shape index (κ1) is 22.8. The van der Waals surface area contributed by atoms with Crippen LogP contribution in [0.1, 0.15) is 34.1 Å². The van der Waals surface area contributed by atoms with Crippen molar-refractivity contribution in [2.24, 2.45) is 11.5 Å². The first-order valence-electron chi connectivity index (χ1n) is 9.38. The molecule has 3 atom stereocenters. The molecule has 2 rings (SSSR count). The van der Waals surface area contributed by atoms with Crippen LogP contribution in [0.4, 0.5) is 0 Å². The molecule has 0 bridgehead atoms. The maximum atomic E-state index is 12.5. The molecule has 5 amide bonds. The van der Waals surface area contributed by atoms with Crippen LogP contribution in [0.5, 0.6) is 0 Å². The van der Waals surface area contributed by atoms with Gasteiger partial charge in [-0.2, -0.15) is 0 Å². The largest absolute Gasteiger partial charge is 0.368 e. The maximum Gasteiger partial charge on any atom is 0.251 e. The number of nitrogens with one attached hydrogen (secondary N) is 3. The van der Waals surface area contributed by atoms with Gasteiger partial charge in [0.2, 0.25) is 23.6 Å². The van der Waals surface area contributed by atoms with Crippen LogP contribution in [0.25, 0.3) is 0 Å². The number of rotatable bonds is 8. The molecule has 1 aromatic rings. The molecule has 1 fully saturated rings. The van der Waals surface area contributed by atoms with Crippen molar-refractivity contribution in [1.82, 2.24) is 20.9 Å². The Morgan fingerprint density at radius 2 is 1.83 bits per heavy atom. The van der Waals surface area contributed by atoms with Gasteiger partial charge in [-0.3, -0.25) is 24.0 Å². The summed E-state index contributed by atoms with van der Waals surface area (Å²) >= 11 is 0. The van der Waals surface area contributed by atoms with E-state index in [-0.39, 0.29) is 36.5 Å². The normalized spacial score (nSPS) is 19.1. The van der Waals surface area contributed by atoms with Gasteiger partial charge in [-0.1, -0.05) is 6.07 Å². The van der Waals surface area contributed by atoms with Crippen molar-refractivity contribution >= 4 is 29.5 Å². The van der Waals surface area contributed by atoms with E-state index in [1.54, 1.807) is 14.0 Å². The molecule has 11 heteroatoms. The summed E-state index contributed by atoms with van der Waals surface area (Å²) in [5.74, 6) is -2.68. The lowest BCUT2D eigenvalue weighted by Gasteiger charge is -2.22. The molecule has 0 radical (unpaired) electrons. The third-order valence-corrected chi connectivity index (χ3v) is 4.93. The monoisotopic (exact) mass is 418 g/mol. The van der Waals surface area contributed by atoms with Crippen molar-refractivity contribution < 1.29 is 24.0 Å². The predicted octanol–water partition coefficient (Wildman–Crippen LogP) is -2.31. The Morgan fingerprint density at radius 1 is 1.17 bits per heavy atom. The number of benzene rings is 1. The fourth-order valence-electron chi connectivity index (χ4n) is 3.12. The highest BCUT2D eigenvalue weighted by atomic mass is 16.2. The molecule has 0 aliphatic carbocycles. The van der Waals surface area contributed by atoms with E-state index in [1.807, 2.05) is 0 Å². The summed E-state index contributed by atoms with van der Waals surface area (Å²) in [4.78, 5) is 61.2. The second-order valence-corrected chi connectivity index (χ2v) is 7.04. The van der Waals surface area contributed by atoms with Crippen LogP contribution in [0.15, 0.2) is 24.3 Å². The zero-order valence-corrected chi connectivity index (χ0v) is 16.8. The molecular weight excluding hydrogens is 392 g/mol. The van der Waals surface area contributed by atoms with Gasteiger partial charge in [-0.15, -0.1) is 0 Å². The Hall–Kier alpha value is -3.47. The smallest absolute Gasteiger partial charge is 0.251 e. The molecular formula is C19H26N6O5. The third kappa shape index (κ3) is 5.54. The summed E-state index contributed by atoms with van der Waals surface area (Å²) in [7, 11) is 1.61. The van der Waals surface area contributed by atoms with Crippen molar-refractivity contribution in [1.29, 1.82) is 0 Å². The Labute approximate surface area is 173 Å². The average Bonchev–Trinajstić information content (AvgIpc) is 3.15. The second-order valence-electron chi connectivity index (χ2n) is 7.04. The van der Waals surface area contributed by atoms with E-state index in [1.165, 1.54) is 29.2 Å². The standard InChI is InChI=1S/C19H26N6O5/c1-10(22-2)18(29)23-8-15(26)25-9-13(7-14(25)17(21)28)24-19(30)12-5-3-4-11(6-12)16(20)27/h3-6,10,13-14,22H,7-9H2,1-2H3,(H2,20,27)(H2,21,28)(H,23,29)(H,24,30)/t10-,13-,14-/m0/s1. The van der Waals surface area contributed by atoms with Crippen LogP contribution >= 0.6 is 0 Å². The first-order valence-corrected chi connectivity index (χ1v) is 9.38. The number of amides is 5. The molecule has 0 aromatic heterocycles.